The van der Waals surface area contributed by atoms with Crippen LogP contribution in [-0.4, -0.2) is 75.7 Å². The average Bonchev–Trinajstić information content (AvgIpc) is 2.61. The predicted octanol–water partition coefficient (Wildman–Crippen LogP) is 1.25. The minimum Gasteiger partial charge on any atom is -0.493 e. The summed E-state index contributed by atoms with van der Waals surface area (Å²) >= 11 is 0. The van der Waals surface area contributed by atoms with E-state index in [1.165, 1.54) is 0 Å². The molecule has 1 fully saturated rings. The number of benzene rings is 1. The third-order valence-corrected chi connectivity index (χ3v) is 3.98. The molecule has 1 aliphatic heterocycles. The van der Waals surface area contributed by atoms with Crippen molar-refractivity contribution in [1.29, 1.82) is 0 Å². The van der Waals surface area contributed by atoms with Crippen LogP contribution in [0.1, 0.15) is 6.42 Å². The molecule has 0 aliphatic carbocycles. The molecular formula is C17H28ClN3O3. The highest BCUT2D eigenvalue weighted by atomic mass is 35.5. The summed E-state index contributed by atoms with van der Waals surface area (Å²) in [5, 5.41) is 3.26. The highest BCUT2D eigenvalue weighted by Gasteiger charge is 2.16. The molecule has 0 spiro atoms. The Morgan fingerprint density at radius 3 is 2.54 bits per heavy atom. The smallest absolute Gasteiger partial charge is 0.223 e. The van der Waals surface area contributed by atoms with E-state index in [1.807, 2.05) is 36.2 Å². The van der Waals surface area contributed by atoms with Gasteiger partial charge >= 0.3 is 0 Å². The van der Waals surface area contributed by atoms with Crippen molar-refractivity contribution in [3.63, 3.8) is 0 Å². The molecule has 1 heterocycles. The van der Waals surface area contributed by atoms with Gasteiger partial charge in [0.05, 0.1) is 7.11 Å². The van der Waals surface area contributed by atoms with E-state index in [-0.39, 0.29) is 18.3 Å². The van der Waals surface area contributed by atoms with Crippen LogP contribution in [0.3, 0.4) is 0 Å². The second kappa shape index (κ2) is 11.1. The van der Waals surface area contributed by atoms with Crippen molar-refractivity contribution in [3.05, 3.63) is 24.3 Å². The first kappa shape index (κ1) is 20.5. The van der Waals surface area contributed by atoms with Gasteiger partial charge in [0.25, 0.3) is 0 Å². The first-order valence-electron chi connectivity index (χ1n) is 8.13. The van der Waals surface area contributed by atoms with Crippen LogP contribution >= 0.6 is 12.4 Å². The summed E-state index contributed by atoms with van der Waals surface area (Å²) in [6.45, 7) is 5.52. The molecule has 1 amide bonds. The number of amides is 1. The minimum absolute atomic E-state index is 0. The Balaban J connectivity index is 0.00000288. The monoisotopic (exact) mass is 357 g/mol. The fourth-order valence-corrected chi connectivity index (χ4v) is 2.52. The predicted molar refractivity (Wildman–Crippen MR) is 97.3 cm³/mol. The number of carbonyl (C=O) groups is 1. The van der Waals surface area contributed by atoms with Gasteiger partial charge in [-0.3, -0.25) is 4.79 Å². The highest BCUT2D eigenvalue weighted by molar-refractivity contribution is 5.85. The number of nitrogens with one attached hydrogen (secondary N) is 1. The van der Waals surface area contributed by atoms with Crippen molar-refractivity contribution in [2.45, 2.75) is 6.42 Å². The van der Waals surface area contributed by atoms with Gasteiger partial charge in [0.15, 0.2) is 11.5 Å². The van der Waals surface area contributed by atoms with Crippen LogP contribution in [0.15, 0.2) is 24.3 Å². The summed E-state index contributed by atoms with van der Waals surface area (Å²) in [6.07, 6.45) is 0.561. The number of nitrogens with zero attached hydrogens (tertiary/aromatic N) is 2. The van der Waals surface area contributed by atoms with Gasteiger partial charge in [0.1, 0.15) is 6.61 Å². The van der Waals surface area contributed by atoms with Crippen LogP contribution in [0, 0.1) is 0 Å². The topological polar surface area (TPSA) is 54.0 Å². The molecule has 0 atom stereocenters. The number of para-hydroxylation sites is 2. The molecule has 1 aliphatic rings. The summed E-state index contributed by atoms with van der Waals surface area (Å²) in [5.74, 6) is 1.73. The second-order valence-corrected chi connectivity index (χ2v) is 5.68. The molecule has 1 N–H and O–H groups in total. The third kappa shape index (κ3) is 6.55. The maximum Gasteiger partial charge on any atom is 0.223 e. The average molecular weight is 358 g/mol. The number of piperazine rings is 1. The van der Waals surface area contributed by atoms with Crippen LogP contribution in [0.4, 0.5) is 0 Å². The summed E-state index contributed by atoms with van der Waals surface area (Å²) in [6, 6.07) is 7.62. The second-order valence-electron chi connectivity index (χ2n) is 5.68. The lowest BCUT2D eigenvalue weighted by atomic mass is 10.3. The van der Waals surface area contributed by atoms with Crippen molar-refractivity contribution >= 4 is 18.3 Å². The maximum atomic E-state index is 12.1. The zero-order valence-corrected chi connectivity index (χ0v) is 15.3. The number of halogens is 1. The molecule has 0 saturated carbocycles. The number of hydrogen-bond acceptors (Lipinski definition) is 5. The standard InChI is InChI=1S/C17H27N3O3.ClH/c1-19(10-7-17(21)20-11-8-18-9-12-20)13-14-23-16-6-4-3-5-15(16)22-2;/h3-6,18H,7-14H2,1-2H3;1H. The zero-order valence-electron chi connectivity index (χ0n) is 14.5. The van der Waals surface area contributed by atoms with Crippen molar-refractivity contribution < 1.29 is 14.3 Å². The van der Waals surface area contributed by atoms with Gasteiger partial charge in [-0.2, -0.15) is 0 Å². The highest BCUT2D eigenvalue weighted by Crippen LogP contribution is 2.25. The van der Waals surface area contributed by atoms with E-state index in [2.05, 4.69) is 10.2 Å². The summed E-state index contributed by atoms with van der Waals surface area (Å²) in [7, 11) is 3.65. The lowest BCUT2D eigenvalue weighted by Crippen LogP contribution is -2.47. The maximum absolute atomic E-state index is 12.1. The number of methoxy groups -OCH3 is 1. The van der Waals surface area contributed by atoms with Gasteiger partial charge in [0, 0.05) is 45.7 Å². The van der Waals surface area contributed by atoms with Crippen molar-refractivity contribution in [2.24, 2.45) is 0 Å². The largest absolute Gasteiger partial charge is 0.493 e. The molecule has 0 radical (unpaired) electrons. The van der Waals surface area contributed by atoms with Crippen molar-refractivity contribution in [2.75, 3.05) is 60.0 Å². The quantitative estimate of drug-likeness (QED) is 0.759. The van der Waals surface area contributed by atoms with Crippen molar-refractivity contribution in [1.82, 2.24) is 15.1 Å². The normalized spacial score (nSPS) is 14.2. The minimum atomic E-state index is 0. The number of carbonyl (C=O) groups excluding carboxylic acids is 1. The summed E-state index contributed by atoms with van der Waals surface area (Å²) in [5.41, 5.74) is 0. The van der Waals surface area contributed by atoms with Gasteiger partial charge in [-0.25, -0.2) is 0 Å². The Morgan fingerprint density at radius 2 is 1.88 bits per heavy atom. The van der Waals surface area contributed by atoms with Crippen LogP contribution in [0.2, 0.25) is 0 Å². The Bertz CT molecular complexity index is 496. The molecule has 0 unspecified atom stereocenters. The van der Waals surface area contributed by atoms with Gasteiger partial charge in [-0.15, -0.1) is 12.4 Å². The fraction of sp³-hybridized carbons (Fsp3) is 0.588. The Hall–Kier alpha value is -1.50. The molecule has 1 aromatic carbocycles. The molecule has 24 heavy (non-hydrogen) atoms. The summed E-state index contributed by atoms with van der Waals surface area (Å²) < 4.78 is 11.0. The Kier molecular flexibility index (Phi) is 9.52. The van der Waals surface area contributed by atoms with Crippen molar-refractivity contribution in [3.8, 4) is 11.5 Å². The lowest BCUT2D eigenvalue weighted by Gasteiger charge is -2.28. The molecule has 136 valence electrons. The SMILES string of the molecule is COc1ccccc1OCCN(C)CCC(=O)N1CCNCC1.Cl. The molecule has 6 nitrogen and oxygen atoms in total. The van der Waals surface area contributed by atoms with E-state index in [0.29, 0.717) is 13.0 Å². The van der Waals surface area contributed by atoms with E-state index in [9.17, 15) is 4.79 Å². The van der Waals surface area contributed by atoms with Crippen LogP contribution in [0.25, 0.3) is 0 Å². The fourth-order valence-electron chi connectivity index (χ4n) is 2.52. The number of ether oxygens (including phenoxy) is 2. The van der Waals surface area contributed by atoms with Crippen LogP contribution in [-0.2, 0) is 4.79 Å². The van der Waals surface area contributed by atoms with E-state index in [1.54, 1.807) is 7.11 Å². The molecule has 7 heteroatoms. The van der Waals surface area contributed by atoms with Crippen LogP contribution in [0.5, 0.6) is 11.5 Å². The van der Waals surface area contributed by atoms with E-state index < -0.39 is 0 Å². The molecule has 1 saturated heterocycles. The molecule has 0 bridgehead atoms. The van der Waals surface area contributed by atoms with E-state index >= 15 is 0 Å². The third-order valence-electron chi connectivity index (χ3n) is 3.98. The van der Waals surface area contributed by atoms with Gasteiger partial charge in [-0.1, -0.05) is 12.1 Å². The number of likely N-dealkylation sites (N-methyl/N-ethyl adjacent to an activating group) is 1. The number of rotatable bonds is 8. The first-order valence-corrected chi connectivity index (χ1v) is 8.13. The number of hydrogen-bond donors (Lipinski definition) is 1. The zero-order chi connectivity index (χ0) is 16.5. The Labute approximate surface area is 150 Å². The lowest BCUT2D eigenvalue weighted by molar-refractivity contribution is -0.132. The van der Waals surface area contributed by atoms with Crippen LogP contribution < -0.4 is 14.8 Å². The van der Waals surface area contributed by atoms with E-state index in [4.69, 9.17) is 9.47 Å². The Morgan fingerprint density at radius 1 is 1.21 bits per heavy atom. The summed E-state index contributed by atoms with van der Waals surface area (Å²) in [4.78, 5) is 16.2. The van der Waals surface area contributed by atoms with E-state index in [0.717, 1.165) is 50.8 Å². The molecular weight excluding hydrogens is 330 g/mol. The molecule has 0 aromatic heterocycles. The molecule has 1 aromatic rings. The van der Waals surface area contributed by atoms with Gasteiger partial charge in [-0.05, 0) is 19.2 Å². The van der Waals surface area contributed by atoms with Gasteiger partial charge < -0.3 is 24.6 Å². The first-order chi connectivity index (χ1) is 11.2. The molecule has 2 rings (SSSR count). The van der Waals surface area contributed by atoms with Gasteiger partial charge in [0.2, 0.25) is 5.91 Å².